The molecule has 3 rings (SSSR count). The van der Waals surface area contributed by atoms with Crippen molar-refractivity contribution in [2.75, 3.05) is 33.4 Å². The number of carbonyl (C=O) groups is 1. The highest BCUT2D eigenvalue weighted by atomic mass is 16.5. The van der Waals surface area contributed by atoms with Crippen LogP contribution in [0.2, 0.25) is 0 Å². The molecule has 0 N–H and O–H groups in total. The third-order valence-corrected chi connectivity index (χ3v) is 5.41. The van der Waals surface area contributed by atoms with Crippen LogP contribution >= 0.6 is 0 Å². The summed E-state index contributed by atoms with van der Waals surface area (Å²) in [5.74, 6) is 4.11. The molecule has 5 nitrogen and oxygen atoms in total. The number of benzene rings is 2. The van der Waals surface area contributed by atoms with Crippen LogP contribution in [0, 0.1) is 5.92 Å². The summed E-state index contributed by atoms with van der Waals surface area (Å²) in [6.07, 6.45) is 1.63. The molecule has 1 heterocycles. The lowest BCUT2D eigenvalue weighted by molar-refractivity contribution is 0.0684. The van der Waals surface area contributed by atoms with Crippen molar-refractivity contribution in [3.8, 4) is 5.75 Å². The normalized spacial score (nSPS) is 15.2. The van der Waals surface area contributed by atoms with Crippen LogP contribution in [0.25, 0.3) is 0 Å². The summed E-state index contributed by atoms with van der Waals surface area (Å²) in [7, 11) is 1.68. The molecule has 0 spiro atoms. The van der Waals surface area contributed by atoms with Crippen molar-refractivity contribution in [1.82, 2.24) is 4.90 Å². The number of carbonyl (C=O) groups excluding carboxylic acids is 1. The summed E-state index contributed by atoms with van der Waals surface area (Å²) in [6.45, 7) is 6.64. The van der Waals surface area contributed by atoms with Crippen molar-refractivity contribution in [1.29, 1.82) is 0 Å². The molecule has 0 bridgehead atoms. The maximum Gasteiger partial charge on any atom is 0.254 e. The molecule has 0 fully saturated rings. The number of ether oxygens (including phenoxy) is 2. The van der Waals surface area contributed by atoms with Gasteiger partial charge in [0.2, 0.25) is 0 Å². The van der Waals surface area contributed by atoms with Crippen LogP contribution < -0.4 is 4.74 Å². The van der Waals surface area contributed by atoms with E-state index >= 15 is 0 Å². The average molecular weight is 421 g/mol. The fourth-order valence-corrected chi connectivity index (χ4v) is 3.67. The lowest BCUT2D eigenvalue weighted by Gasteiger charge is -2.30. The zero-order chi connectivity index (χ0) is 22.1. The molecular weight excluding hydrogens is 388 g/mol. The Bertz CT molecular complexity index is 917. The van der Waals surface area contributed by atoms with Gasteiger partial charge >= 0.3 is 0 Å². The number of amides is 1. The highest BCUT2D eigenvalue weighted by Crippen LogP contribution is 2.23. The fraction of sp³-hybridized carbons (Fsp3) is 0.423. The number of aliphatic imine (C=N–C) groups is 1. The van der Waals surface area contributed by atoms with E-state index in [0.29, 0.717) is 37.6 Å². The first-order chi connectivity index (χ1) is 15.1. The Kier molecular flexibility index (Phi) is 8.45. The van der Waals surface area contributed by atoms with Crippen molar-refractivity contribution < 1.29 is 14.3 Å². The molecule has 0 aromatic heterocycles. The Morgan fingerprint density at radius 3 is 2.71 bits per heavy atom. The molecule has 2 aromatic rings. The van der Waals surface area contributed by atoms with E-state index in [-0.39, 0.29) is 17.9 Å². The lowest BCUT2D eigenvalue weighted by atomic mass is 9.94. The third kappa shape index (κ3) is 6.55. The van der Waals surface area contributed by atoms with Crippen molar-refractivity contribution in [2.24, 2.45) is 10.9 Å². The standard InChI is InChI=1S/C26H32N2O3/c1-20(2)28(19-24-18-27-17-23(24)15-21-9-5-4-6-10-21)26(29)22-11-7-12-25(16-22)31-14-8-13-30-3/h4-7,9-12,16,20,24H,8,13-15,18-19H2,1-3H3/t24-/m1/s1. The fourth-order valence-electron chi connectivity index (χ4n) is 3.67. The lowest BCUT2D eigenvalue weighted by Crippen LogP contribution is -2.41. The maximum absolute atomic E-state index is 13.4. The summed E-state index contributed by atoms with van der Waals surface area (Å²) in [4.78, 5) is 19.7. The Labute approximate surface area is 185 Å². The first kappa shape index (κ1) is 22.8. The van der Waals surface area contributed by atoms with Gasteiger partial charge in [-0.15, -0.1) is 0 Å². The van der Waals surface area contributed by atoms with Gasteiger partial charge in [0.25, 0.3) is 5.91 Å². The Morgan fingerprint density at radius 2 is 1.97 bits per heavy atom. The Hall–Kier alpha value is -2.88. The monoisotopic (exact) mass is 420 g/mol. The van der Waals surface area contributed by atoms with Gasteiger partial charge in [0.15, 0.2) is 0 Å². The van der Waals surface area contributed by atoms with Gasteiger partial charge in [-0.05, 0) is 43.5 Å². The van der Waals surface area contributed by atoms with Crippen LogP contribution in [0.3, 0.4) is 0 Å². The molecule has 1 aliphatic rings. The molecule has 31 heavy (non-hydrogen) atoms. The number of hydrogen-bond acceptors (Lipinski definition) is 4. The average Bonchev–Trinajstić information content (AvgIpc) is 3.22. The quantitative estimate of drug-likeness (QED) is 0.506. The number of nitrogens with zero attached hydrogens (tertiary/aromatic N) is 2. The molecule has 0 saturated carbocycles. The van der Waals surface area contributed by atoms with Crippen molar-refractivity contribution in [3.63, 3.8) is 0 Å². The molecule has 1 amide bonds. The van der Waals surface area contributed by atoms with Gasteiger partial charge in [-0.3, -0.25) is 4.79 Å². The number of hydrogen-bond donors (Lipinski definition) is 0. The van der Waals surface area contributed by atoms with E-state index in [9.17, 15) is 4.79 Å². The molecular formula is C26H32N2O3. The number of methoxy groups -OCH3 is 1. The minimum atomic E-state index is 0.0169. The minimum absolute atomic E-state index is 0.0169. The van der Waals surface area contributed by atoms with E-state index < -0.39 is 0 Å². The molecule has 0 saturated heterocycles. The predicted molar refractivity (Wildman–Crippen MR) is 124 cm³/mol. The summed E-state index contributed by atoms with van der Waals surface area (Å²) in [5, 5.41) is 0. The van der Waals surface area contributed by atoms with E-state index in [1.807, 2.05) is 47.4 Å². The largest absolute Gasteiger partial charge is 0.493 e. The van der Waals surface area contributed by atoms with E-state index in [4.69, 9.17) is 9.47 Å². The zero-order valence-electron chi connectivity index (χ0n) is 18.7. The first-order valence-electron chi connectivity index (χ1n) is 10.9. The van der Waals surface area contributed by atoms with Gasteiger partial charge in [0.1, 0.15) is 5.75 Å². The summed E-state index contributed by atoms with van der Waals surface area (Å²) in [5.41, 5.74) is 3.05. The van der Waals surface area contributed by atoms with Crippen molar-refractivity contribution in [3.05, 3.63) is 71.3 Å². The van der Waals surface area contributed by atoms with Crippen LogP contribution in [0.4, 0.5) is 0 Å². The van der Waals surface area contributed by atoms with Gasteiger partial charge in [-0.2, -0.15) is 0 Å². The SMILES string of the molecule is COCCCOc1cccc(C(=O)N(C[C@H]2CN=C=C2Cc2ccccc2)C(C)C)c1. The molecule has 164 valence electrons. The van der Waals surface area contributed by atoms with Gasteiger partial charge < -0.3 is 14.4 Å². The zero-order valence-corrected chi connectivity index (χ0v) is 18.7. The van der Waals surface area contributed by atoms with Crippen LogP contribution in [-0.2, 0) is 11.2 Å². The first-order valence-corrected chi connectivity index (χ1v) is 10.9. The van der Waals surface area contributed by atoms with Gasteiger partial charge in [0, 0.05) is 56.2 Å². The van der Waals surface area contributed by atoms with Crippen molar-refractivity contribution >= 4 is 11.8 Å². The second kappa shape index (κ2) is 11.5. The highest BCUT2D eigenvalue weighted by molar-refractivity contribution is 5.94. The summed E-state index contributed by atoms with van der Waals surface area (Å²) in [6, 6.07) is 17.9. The predicted octanol–water partition coefficient (Wildman–Crippen LogP) is 4.42. The van der Waals surface area contributed by atoms with Gasteiger partial charge in [-0.1, -0.05) is 36.4 Å². The number of rotatable bonds is 11. The van der Waals surface area contributed by atoms with Crippen LogP contribution in [0.1, 0.15) is 36.2 Å². The second-order valence-electron chi connectivity index (χ2n) is 8.11. The van der Waals surface area contributed by atoms with E-state index in [1.165, 1.54) is 11.1 Å². The van der Waals surface area contributed by atoms with Crippen LogP contribution in [-0.4, -0.2) is 56.1 Å². The molecule has 0 unspecified atom stereocenters. The van der Waals surface area contributed by atoms with Gasteiger partial charge in [0.05, 0.1) is 13.2 Å². The van der Waals surface area contributed by atoms with Crippen LogP contribution in [0.5, 0.6) is 5.75 Å². The highest BCUT2D eigenvalue weighted by Gasteiger charge is 2.27. The molecule has 1 aliphatic heterocycles. The molecule has 0 aliphatic carbocycles. The summed E-state index contributed by atoms with van der Waals surface area (Å²) < 4.78 is 10.8. The van der Waals surface area contributed by atoms with Crippen LogP contribution in [0.15, 0.2) is 65.2 Å². The van der Waals surface area contributed by atoms with E-state index in [2.05, 4.69) is 36.8 Å². The van der Waals surface area contributed by atoms with E-state index in [0.717, 1.165) is 12.8 Å². The maximum atomic E-state index is 13.4. The Balaban J connectivity index is 1.66. The Morgan fingerprint density at radius 1 is 1.16 bits per heavy atom. The molecule has 0 radical (unpaired) electrons. The summed E-state index contributed by atoms with van der Waals surface area (Å²) >= 11 is 0. The van der Waals surface area contributed by atoms with Gasteiger partial charge in [-0.25, -0.2) is 4.99 Å². The smallest absolute Gasteiger partial charge is 0.254 e. The molecule has 2 aromatic carbocycles. The minimum Gasteiger partial charge on any atom is -0.493 e. The van der Waals surface area contributed by atoms with Crippen molar-refractivity contribution in [2.45, 2.75) is 32.7 Å². The second-order valence-corrected chi connectivity index (χ2v) is 8.11. The topological polar surface area (TPSA) is 51.1 Å². The van der Waals surface area contributed by atoms with E-state index in [1.54, 1.807) is 7.11 Å². The molecule has 5 heteroatoms. The third-order valence-electron chi connectivity index (χ3n) is 5.41. The molecule has 1 atom stereocenters.